The van der Waals surface area contributed by atoms with Gasteiger partial charge in [0, 0.05) is 11.5 Å². The molecular weight excluding hydrogens is 156 g/mol. The molecule has 0 amide bonds. The van der Waals surface area contributed by atoms with Crippen LogP contribution in [0, 0.1) is 5.92 Å². The second-order valence-corrected chi connectivity index (χ2v) is 2.92. The molecule has 0 radical (unpaired) electrons. The average molecular weight is 172 g/mol. The Labute approximate surface area is 73.0 Å². The summed E-state index contributed by atoms with van der Waals surface area (Å²) in [4.78, 5) is 9.86. The third-order valence-corrected chi connectivity index (χ3v) is 1.58. The number of carbonyl (C=O) groups is 1. The Morgan fingerprint density at radius 3 is 2.00 bits per heavy atom. The molecule has 0 bridgehead atoms. The molecule has 0 aliphatic carbocycles. The Bertz CT molecular complexity index is 169. The zero-order valence-electron chi connectivity index (χ0n) is 7.83. The number of carboxylic acids is 1. The van der Waals surface area contributed by atoms with E-state index >= 15 is 0 Å². The van der Waals surface area contributed by atoms with E-state index in [2.05, 4.69) is 6.92 Å². The average Bonchev–Trinajstić information content (AvgIpc) is 2.00. The molecule has 1 rings (SSSR count). The fourth-order valence-electron chi connectivity index (χ4n) is 0.477. The first-order valence-corrected chi connectivity index (χ1v) is 4.01. The third-order valence-electron chi connectivity index (χ3n) is 1.58. The van der Waals surface area contributed by atoms with Gasteiger partial charge in [-0.1, -0.05) is 13.0 Å². The van der Waals surface area contributed by atoms with Crippen LogP contribution < -0.4 is 0 Å². The van der Waals surface area contributed by atoms with E-state index in [1.54, 1.807) is 19.9 Å². The third kappa shape index (κ3) is 4.91. The van der Waals surface area contributed by atoms with Gasteiger partial charge in [0.1, 0.15) is 0 Å². The van der Waals surface area contributed by atoms with Crippen LogP contribution in [-0.2, 0) is 9.53 Å². The van der Waals surface area contributed by atoms with Gasteiger partial charge in [-0.05, 0) is 13.8 Å². The standard InChI is InChI=1S/C5H8O2.C4H8O/c1-3-4(2)5(6)7;1-4-2-5-3-4/h3H,1-2H3,(H,6,7);4H,2-3H2,1H3. The number of carboxylic acid groups (broad SMARTS) is 1. The van der Waals surface area contributed by atoms with Crippen LogP contribution in [0.4, 0.5) is 0 Å². The van der Waals surface area contributed by atoms with Crippen LogP contribution >= 0.6 is 0 Å². The highest BCUT2D eigenvalue weighted by Crippen LogP contribution is 2.05. The van der Waals surface area contributed by atoms with Crippen LogP contribution in [-0.4, -0.2) is 24.3 Å². The fourth-order valence-corrected chi connectivity index (χ4v) is 0.477. The molecule has 12 heavy (non-hydrogen) atoms. The lowest BCUT2D eigenvalue weighted by Gasteiger charge is -2.20. The summed E-state index contributed by atoms with van der Waals surface area (Å²) in [5.41, 5.74) is 0.389. The first-order valence-electron chi connectivity index (χ1n) is 4.01. The van der Waals surface area contributed by atoms with E-state index in [4.69, 9.17) is 9.84 Å². The van der Waals surface area contributed by atoms with Crippen LogP contribution in [0.1, 0.15) is 20.8 Å². The highest BCUT2D eigenvalue weighted by molar-refractivity contribution is 5.85. The van der Waals surface area contributed by atoms with Gasteiger partial charge in [-0.15, -0.1) is 0 Å². The van der Waals surface area contributed by atoms with Crippen molar-refractivity contribution in [1.82, 2.24) is 0 Å². The number of hydrogen-bond acceptors (Lipinski definition) is 2. The number of allylic oxidation sites excluding steroid dienone is 1. The van der Waals surface area contributed by atoms with Crippen molar-refractivity contribution in [2.24, 2.45) is 5.92 Å². The minimum atomic E-state index is -0.845. The Balaban J connectivity index is 0.000000211. The molecule has 0 aromatic carbocycles. The van der Waals surface area contributed by atoms with Crippen molar-refractivity contribution in [2.45, 2.75) is 20.8 Å². The Morgan fingerprint density at radius 1 is 1.58 bits per heavy atom. The molecule has 3 nitrogen and oxygen atoms in total. The second-order valence-electron chi connectivity index (χ2n) is 2.92. The SMILES string of the molecule is CC1COC1.CC=C(C)C(=O)O. The molecule has 3 heteroatoms. The van der Waals surface area contributed by atoms with Gasteiger partial charge in [0.15, 0.2) is 0 Å². The summed E-state index contributed by atoms with van der Waals surface area (Å²) < 4.78 is 4.83. The normalized spacial score (nSPS) is 17.4. The van der Waals surface area contributed by atoms with E-state index in [1.807, 2.05) is 0 Å². The number of aliphatic carboxylic acids is 1. The smallest absolute Gasteiger partial charge is 0.330 e. The highest BCUT2D eigenvalue weighted by Gasteiger charge is 2.09. The Hall–Kier alpha value is -0.830. The topological polar surface area (TPSA) is 46.5 Å². The van der Waals surface area contributed by atoms with Crippen molar-refractivity contribution in [2.75, 3.05) is 13.2 Å². The van der Waals surface area contributed by atoms with E-state index in [-0.39, 0.29) is 0 Å². The van der Waals surface area contributed by atoms with Gasteiger partial charge in [0.2, 0.25) is 0 Å². The summed E-state index contributed by atoms with van der Waals surface area (Å²) >= 11 is 0. The van der Waals surface area contributed by atoms with Crippen LogP contribution in [0.2, 0.25) is 0 Å². The van der Waals surface area contributed by atoms with Gasteiger partial charge >= 0.3 is 5.97 Å². The lowest BCUT2D eigenvalue weighted by Crippen LogP contribution is -2.23. The number of hydrogen-bond donors (Lipinski definition) is 1. The minimum Gasteiger partial charge on any atom is -0.478 e. The molecule has 0 atom stereocenters. The number of ether oxygens (including phenoxy) is 1. The quantitative estimate of drug-likeness (QED) is 0.612. The molecule has 0 aromatic rings. The van der Waals surface area contributed by atoms with Crippen LogP contribution in [0.15, 0.2) is 11.6 Å². The molecule has 1 aliphatic rings. The highest BCUT2D eigenvalue weighted by atomic mass is 16.5. The molecule has 70 valence electrons. The summed E-state index contributed by atoms with van der Waals surface area (Å²) in [6.07, 6.45) is 1.56. The van der Waals surface area contributed by atoms with Crippen molar-refractivity contribution in [3.63, 3.8) is 0 Å². The van der Waals surface area contributed by atoms with E-state index in [0.29, 0.717) is 5.57 Å². The summed E-state index contributed by atoms with van der Waals surface area (Å²) in [7, 11) is 0. The van der Waals surface area contributed by atoms with Crippen molar-refractivity contribution in [1.29, 1.82) is 0 Å². The Morgan fingerprint density at radius 2 is 2.00 bits per heavy atom. The maximum atomic E-state index is 9.86. The van der Waals surface area contributed by atoms with Gasteiger partial charge < -0.3 is 9.84 Å². The first kappa shape index (κ1) is 11.2. The maximum Gasteiger partial charge on any atom is 0.330 e. The predicted molar refractivity (Wildman–Crippen MR) is 47.0 cm³/mol. The summed E-state index contributed by atoms with van der Waals surface area (Å²) in [6.45, 7) is 7.41. The maximum absolute atomic E-state index is 9.86. The van der Waals surface area contributed by atoms with Crippen LogP contribution in [0.3, 0.4) is 0 Å². The summed E-state index contributed by atoms with van der Waals surface area (Å²) in [6, 6.07) is 0. The number of rotatable bonds is 1. The molecule has 0 saturated carbocycles. The molecule has 1 heterocycles. The van der Waals surface area contributed by atoms with Gasteiger partial charge in [-0.2, -0.15) is 0 Å². The molecule has 1 N–H and O–H groups in total. The van der Waals surface area contributed by atoms with E-state index in [9.17, 15) is 4.79 Å². The molecule has 1 saturated heterocycles. The lowest BCUT2D eigenvalue weighted by atomic mass is 10.2. The van der Waals surface area contributed by atoms with E-state index in [1.165, 1.54) is 0 Å². The van der Waals surface area contributed by atoms with E-state index in [0.717, 1.165) is 19.1 Å². The van der Waals surface area contributed by atoms with Crippen molar-refractivity contribution >= 4 is 5.97 Å². The molecule has 1 fully saturated rings. The van der Waals surface area contributed by atoms with Gasteiger partial charge in [0.25, 0.3) is 0 Å². The van der Waals surface area contributed by atoms with Gasteiger partial charge in [-0.25, -0.2) is 4.79 Å². The fraction of sp³-hybridized carbons (Fsp3) is 0.667. The predicted octanol–water partition coefficient (Wildman–Crippen LogP) is 1.69. The molecular formula is C9H16O3. The summed E-state index contributed by atoms with van der Waals surface area (Å²) in [5.74, 6) is -0.00231. The minimum absolute atomic E-state index is 0.389. The monoisotopic (exact) mass is 172 g/mol. The van der Waals surface area contributed by atoms with Crippen LogP contribution in [0.25, 0.3) is 0 Å². The van der Waals surface area contributed by atoms with E-state index < -0.39 is 5.97 Å². The van der Waals surface area contributed by atoms with Crippen LogP contribution in [0.5, 0.6) is 0 Å². The van der Waals surface area contributed by atoms with Gasteiger partial charge in [-0.3, -0.25) is 0 Å². The molecule has 0 spiro atoms. The first-order chi connectivity index (χ1) is 5.57. The van der Waals surface area contributed by atoms with Crippen molar-refractivity contribution < 1.29 is 14.6 Å². The van der Waals surface area contributed by atoms with Gasteiger partial charge in [0.05, 0.1) is 13.2 Å². The molecule has 0 aromatic heterocycles. The molecule has 1 aliphatic heterocycles. The summed E-state index contributed by atoms with van der Waals surface area (Å²) in [5, 5.41) is 8.11. The molecule has 0 unspecified atom stereocenters. The van der Waals surface area contributed by atoms with Crippen molar-refractivity contribution in [3.05, 3.63) is 11.6 Å². The lowest BCUT2D eigenvalue weighted by molar-refractivity contribution is -0.132. The Kier molecular flexibility index (Phi) is 5.37. The van der Waals surface area contributed by atoms with Crippen molar-refractivity contribution in [3.8, 4) is 0 Å². The zero-order valence-corrected chi connectivity index (χ0v) is 7.83. The second kappa shape index (κ2) is 5.77. The zero-order chi connectivity index (χ0) is 9.56. The largest absolute Gasteiger partial charge is 0.478 e.